The molecule has 0 atom stereocenters. The van der Waals surface area contributed by atoms with E-state index in [1.54, 1.807) is 18.1 Å². The fraction of sp³-hybridized carbons (Fsp3) is 0.519. The van der Waals surface area contributed by atoms with Crippen molar-refractivity contribution in [3.63, 3.8) is 0 Å². The number of aliphatic hydroxyl groups is 2. The molecular weight excluding hydrogens is 442 g/mol. The third kappa shape index (κ3) is 6.13. The first-order chi connectivity index (χ1) is 16.4. The number of nitrogens with two attached hydrogens (primary N) is 2. The summed E-state index contributed by atoms with van der Waals surface area (Å²) in [5, 5.41) is 23.0. The number of hydrogen-bond acceptors (Lipinski definition) is 7. The highest BCUT2D eigenvalue weighted by molar-refractivity contribution is 5.86. The maximum atomic E-state index is 10.2. The van der Waals surface area contributed by atoms with Gasteiger partial charge in [0.05, 0.1) is 5.70 Å². The van der Waals surface area contributed by atoms with Gasteiger partial charge in [0, 0.05) is 49.2 Å². The average Bonchev–Trinajstić information content (AvgIpc) is 3.04. The molecule has 35 heavy (non-hydrogen) atoms. The van der Waals surface area contributed by atoms with Crippen LogP contribution in [0.25, 0.3) is 17.1 Å². The summed E-state index contributed by atoms with van der Waals surface area (Å²) in [5.41, 5.74) is 12.8. The number of pyridine rings is 1. The molecule has 0 amide bonds. The van der Waals surface area contributed by atoms with Gasteiger partial charge in [-0.15, -0.1) is 0 Å². The molecule has 3 rings (SSSR count). The highest BCUT2D eigenvalue weighted by Crippen LogP contribution is 2.32. The van der Waals surface area contributed by atoms with E-state index >= 15 is 0 Å². The van der Waals surface area contributed by atoms with Crippen LogP contribution in [0.3, 0.4) is 0 Å². The molecule has 0 bridgehead atoms. The van der Waals surface area contributed by atoms with E-state index in [0.29, 0.717) is 11.6 Å². The van der Waals surface area contributed by atoms with Crippen LogP contribution in [0.4, 0.5) is 0 Å². The highest BCUT2D eigenvalue weighted by atomic mass is 16.5. The molecule has 6 N–H and O–H groups in total. The molecular formula is C27H41N5O3. The summed E-state index contributed by atoms with van der Waals surface area (Å²) in [6.07, 6.45) is 7.10. The fourth-order valence-corrected chi connectivity index (χ4v) is 4.63. The summed E-state index contributed by atoms with van der Waals surface area (Å²) < 4.78 is 7.78. The maximum Gasteiger partial charge on any atom is 0.204 e. The summed E-state index contributed by atoms with van der Waals surface area (Å²) in [5.74, 6) is 4.63. The van der Waals surface area contributed by atoms with Crippen molar-refractivity contribution in [1.29, 1.82) is 0 Å². The first kappa shape index (κ1) is 26.9. The lowest BCUT2D eigenvalue weighted by atomic mass is 10.00. The van der Waals surface area contributed by atoms with E-state index < -0.39 is 5.79 Å². The molecule has 1 aliphatic heterocycles. The van der Waals surface area contributed by atoms with E-state index in [1.807, 2.05) is 13.0 Å². The summed E-state index contributed by atoms with van der Waals surface area (Å²) >= 11 is 0. The first-order valence-corrected chi connectivity index (χ1v) is 12.3. The Morgan fingerprint density at radius 1 is 1.29 bits per heavy atom. The van der Waals surface area contributed by atoms with E-state index in [4.69, 9.17) is 21.3 Å². The normalized spacial score (nSPS) is 17.2. The van der Waals surface area contributed by atoms with Gasteiger partial charge in [0.1, 0.15) is 11.3 Å². The second-order valence-corrected chi connectivity index (χ2v) is 9.85. The van der Waals surface area contributed by atoms with Crippen molar-refractivity contribution >= 4 is 17.1 Å². The minimum Gasteiger partial charge on any atom is -0.401 e. The lowest BCUT2D eigenvalue weighted by molar-refractivity contribution is -0.155. The largest absolute Gasteiger partial charge is 0.401 e. The summed E-state index contributed by atoms with van der Waals surface area (Å²) in [6.45, 7) is 11.7. The number of nitrogens with zero attached hydrogens (tertiary/aromatic N) is 3. The molecule has 2 aromatic rings. The fourth-order valence-electron chi connectivity index (χ4n) is 4.63. The first-order valence-electron chi connectivity index (χ1n) is 12.3. The van der Waals surface area contributed by atoms with Crippen LogP contribution in [0.5, 0.6) is 0 Å². The Bertz CT molecular complexity index is 1140. The quantitative estimate of drug-likeness (QED) is 0.196. The van der Waals surface area contributed by atoms with Crippen LogP contribution in [0.2, 0.25) is 0 Å². The van der Waals surface area contributed by atoms with Gasteiger partial charge in [-0.3, -0.25) is 0 Å². The molecule has 0 aliphatic carbocycles. The predicted octanol–water partition coefficient (Wildman–Crippen LogP) is 3.66. The third-order valence-electron chi connectivity index (χ3n) is 6.73. The molecule has 0 unspecified atom stereocenters. The summed E-state index contributed by atoms with van der Waals surface area (Å²) in [7, 11) is 1.79. The maximum absolute atomic E-state index is 10.2. The molecule has 0 aromatic carbocycles. The van der Waals surface area contributed by atoms with Crippen molar-refractivity contribution in [3.05, 3.63) is 57.7 Å². The van der Waals surface area contributed by atoms with E-state index in [1.165, 1.54) is 12.5 Å². The number of aryl methyl sites for hydroxylation is 1. The molecule has 1 saturated heterocycles. The molecule has 2 aromatic heterocycles. The Morgan fingerprint density at radius 2 is 1.94 bits per heavy atom. The third-order valence-corrected chi connectivity index (χ3v) is 6.73. The van der Waals surface area contributed by atoms with Gasteiger partial charge in [0.25, 0.3) is 0 Å². The molecule has 8 nitrogen and oxygen atoms in total. The summed E-state index contributed by atoms with van der Waals surface area (Å²) in [6, 6.07) is 3.59. The van der Waals surface area contributed by atoms with Crippen molar-refractivity contribution in [1.82, 2.24) is 14.6 Å². The second-order valence-electron chi connectivity index (χ2n) is 9.85. The Hall–Kier alpha value is -2.65. The SMILES string of the molecule is CC/C(C)=C/C(=C\c1c(C)c2ccc(C(C)(O)O)nc2n1CC1CCOCC1)C(=C(\C)N)/N(C)N. The number of rotatable bonds is 8. The van der Waals surface area contributed by atoms with Crippen molar-refractivity contribution in [2.75, 3.05) is 20.3 Å². The zero-order valence-electron chi connectivity index (χ0n) is 21.9. The average molecular weight is 484 g/mol. The van der Waals surface area contributed by atoms with Gasteiger partial charge in [-0.2, -0.15) is 0 Å². The van der Waals surface area contributed by atoms with Gasteiger partial charge >= 0.3 is 0 Å². The zero-order valence-corrected chi connectivity index (χ0v) is 21.9. The van der Waals surface area contributed by atoms with Crippen LogP contribution < -0.4 is 11.6 Å². The molecule has 1 fully saturated rings. The number of hydrogen-bond donors (Lipinski definition) is 4. The van der Waals surface area contributed by atoms with Crippen LogP contribution in [0, 0.1) is 12.8 Å². The monoisotopic (exact) mass is 483 g/mol. The minimum atomic E-state index is -2.02. The molecule has 3 heterocycles. The number of fused-ring (bicyclic) bond motifs is 1. The lowest BCUT2D eigenvalue weighted by Gasteiger charge is -2.24. The van der Waals surface area contributed by atoms with Gasteiger partial charge in [0.2, 0.25) is 5.79 Å². The van der Waals surface area contributed by atoms with E-state index in [0.717, 1.165) is 72.6 Å². The second kappa shape index (κ2) is 11.0. The van der Waals surface area contributed by atoms with Crippen molar-refractivity contribution in [3.8, 4) is 0 Å². The van der Waals surface area contributed by atoms with Gasteiger partial charge in [0.15, 0.2) is 0 Å². The molecule has 0 saturated carbocycles. The summed E-state index contributed by atoms with van der Waals surface area (Å²) in [4.78, 5) is 4.71. The van der Waals surface area contributed by atoms with Crippen molar-refractivity contribution in [2.24, 2.45) is 17.5 Å². The van der Waals surface area contributed by atoms with Crippen molar-refractivity contribution < 1.29 is 14.9 Å². The Labute approximate surface area is 208 Å². The zero-order chi connectivity index (χ0) is 25.9. The van der Waals surface area contributed by atoms with Gasteiger partial charge in [-0.1, -0.05) is 18.6 Å². The van der Waals surface area contributed by atoms with Crippen LogP contribution in [0.15, 0.2) is 40.7 Å². The van der Waals surface area contributed by atoms with Gasteiger partial charge < -0.3 is 30.3 Å². The molecule has 1 aliphatic rings. The molecule has 8 heteroatoms. The molecule has 192 valence electrons. The molecule has 0 radical (unpaired) electrons. The lowest BCUT2D eigenvalue weighted by Crippen LogP contribution is -2.28. The minimum absolute atomic E-state index is 0.216. The number of allylic oxidation sites excluding steroid dienone is 3. The van der Waals surface area contributed by atoms with Gasteiger partial charge in [-0.05, 0) is 76.6 Å². The predicted molar refractivity (Wildman–Crippen MR) is 141 cm³/mol. The van der Waals surface area contributed by atoms with Crippen LogP contribution in [-0.2, 0) is 17.1 Å². The topological polar surface area (TPSA) is 123 Å². The number of likely N-dealkylation sites (N-methyl/N-ethyl adjacent to an activating group) is 1. The van der Waals surface area contributed by atoms with Crippen LogP contribution in [-0.4, -0.2) is 45.0 Å². The van der Waals surface area contributed by atoms with Gasteiger partial charge in [-0.25, -0.2) is 10.8 Å². The standard InChI is InChI=1S/C27H41N5O3/c1-7-17(2)14-21(25(19(4)28)31(6)29)15-23-18(3)22-8-9-24(27(5,33)34)30-26(22)32(23)16-20-10-12-35-13-11-20/h8-9,14-15,20,33-34H,7,10-13,16,28-29H2,1-6H3/b17-14+,21-15+,25-19-. The molecule has 0 spiro atoms. The highest BCUT2D eigenvalue weighted by Gasteiger charge is 2.25. The van der Waals surface area contributed by atoms with E-state index in [-0.39, 0.29) is 5.69 Å². The van der Waals surface area contributed by atoms with E-state index in [2.05, 4.69) is 37.5 Å². The Morgan fingerprint density at radius 3 is 2.49 bits per heavy atom. The number of ether oxygens (including phenoxy) is 1. The number of aromatic nitrogens is 2. The van der Waals surface area contributed by atoms with Crippen molar-refractivity contribution in [2.45, 2.75) is 66.2 Å². The van der Waals surface area contributed by atoms with E-state index in [9.17, 15) is 10.2 Å². The smallest absolute Gasteiger partial charge is 0.204 e. The number of hydrazine groups is 1. The van der Waals surface area contributed by atoms with Crippen LogP contribution in [0.1, 0.15) is 63.9 Å². The van der Waals surface area contributed by atoms with Crippen LogP contribution >= 0.6 is 0 Å². The Kier molecular flexibility index (Phi) is 8.43. The Balaban J connectivity index is 2.31.